The van der Waals surface area contributed by atoms with Gasteiger partial charge in [-0.05, 0) is 119 Å². The van der Waals surface area contributed by atoms with Crippen LogP contribution in [0.2, 0.25) is 0 Å². The van der Waals surface area contributed by atoms with E-state index in [0.717, 1.165) is 77.9 Å². The van der Waals surface area contributed by atoms with E-state index in [-0.39, 0.29) is 40.0 Å². The smallest absolute Gasteiger partial charge is 0.143 e. The van der Waals surface area contributed by atoms with Crippen LogP contribution in [0.4, 0.5) is 22.7 Å². The summed E-state index contributed by atoms with van der Waals surface area (Å²) in [6.45, 7) is 13.0. The molecule has 0 aliphatic carbocycles. The summed E-state index contributed by atoms with van der Waals surface area (Å²) < 4.78 is 105. The maximum Gasteiger partial charge on any atom is 0.143 e. The number of para-hydroxylation sites is 4. The van der Waals surface area contributed by atoms with E-state index in [2.05, 4.69) is 124 Å². The van der Waals surface area contributed by atoms with Crippen LogP contribution >= 0.6 is 0 Å². The molecular weight excluding hydrogens is 965 g/mol. The molecule has 0 fully saturated rings. The molecule has 384 valence electrons. The van der Waals surface area contributed by atoms with E-state index >= 15 is 0 Å². The Kier molecular flexibility index (Phi) is 9.85. The van der Waals surface area contributed by atoms with Crippen molar-refractivity contribution in [1.29, 1.82) is 0 Å². The van der Waals surface area contributed by atoms with E-state index in [9.17, 15) is 5.48 Å². The zero-order chi connectivity index (χ0) is 62.5. The van der Waals surface area contributed by atoms with Gasteiger partial charge in [0, 0.05) is 63.1 Å². The van der Waals surface area contributed by atoms with Gasteiger partial charge in [-0.2, -0.15) is 0 Å². The number of nitrogens with zero attached hydrogens (tertiary/aromatic N) is 4. The van der Waals surface area contributed by atoms with Crippen LogP contribution in [0.25, 0.3) is 72.1 Å². The second-order valence-corrected chi connectivity index (χ2v) is 20.9. The lowest BCUT2D eigenvalue weighted by Crippen LogP contribution is -2.25. The average molecular weight is 1040 g/mol. The fourth-order valence-corrected chi connectivity index (χ4v) is 11.1. The van der Waals surface area contributed by atoms with Gasteiger partial charge >= 0.3 is 0 Å². The Morgan fingerprint density at radius 3 is 1.67 bits per heavy atom. The Bertz CT molecular complexity index is 4660. The zero-order valence-electron chi connectivity index (χ0n) is 54.6. The van der Waals surface area contributed by atoms with Crippen molar-refractivity contribution in [3.8, 4) is 73.3 Å². The van der Waals surface area contributed by atoms with Gasteiger partial charge in [0.25, 0.3) is 0 Å². The van der Waals surface area contributed by atoms with Gasteiger partial charge in [0.1, 0.15) is 35.5 Å². The molecular formula is C73H60N4O2. The lowest BCUT2D eigenvalue weighted by Gasteiger charge is -2.28. The number of benzene rings is 10. The zero-order valence-corrected chi connectivity index (χ0v) is 44.6. The second kappa shape index (κ2) is 20.1. The van der Waals surface area contributed by atoms with E-state index < -0.39 is 60.4 Å². The van der Waals surface area contributed by atoms with Crippen LogP contribution in [0, 0.1) is 20.8 Å². The molecule has 3 heterocycles. The first-order chi connectivity index (χ1) is 42.7. The number of hydrogen-bond donors (Lipinski definition) is 0. The first-order valence-electron chi connectivity index (χ1n) is 31.4. The summed E-state index contributed by atoms with van der Waals surface area (Å²) >= 11 is 0. The number of aromatic nitrogens is 2. The van der Waals surface area contributed by atoms with E-state index in [1.165, 1.54) is 5.56 Å². The Hall–Kier alpha value is -9.65. The summed E-state index contributed by atoms with van der Waals surface area (Å²) in [7, 11) is 0. The molecule has 13 rings (SSSR count). The van der Waals surface area contributed by atoms with Gasteiger partial charge in [-0.15, -0.1) is 0 Å². The van der Waals surface area contributed by atoms with Crippen LogP contribution in [0.15, 0.2) is 243 Å². The maximum atomic E-state index is 9.18. The molecule has 0 saturated heterocycles. The molecule has 0 amide bonds. The van der Waals surface area contributed by atoms with Crippen molar-refractivity contribution in [2.45, 2.75) is 47.0 Å². The molecule has 1 aliphatic rings. The number of fused-ring (bicyclic) bond motifs is 4. The third kappa shape index (κ3) is 8.95. The van der Waals surface area contributed by atoms with Crippen LogP contribution in [-0.2, 0) is 5.41 Å². The molecule has 79 heavy (non-hydrogen) atoms. The Morgan fingerprint density at radius 2 is 1.04 bits per heavy atom. The molecule has 6 nitrogen and oxygen atoms in total. The van der Waals surface area contributed by atoms with Crippen LogP contribution in [0.5, 0.6) is 23.0 Å². The van der Waals surface area contributed by atoms with Crippen molar-refractivity contribution in [1.82, 2.24) is 9.55 Å². The standard InChI is InChI=1S/C73H60N4O2/c1-48-49(2)69(53-28-15-9-16-29-53)72(70(50(48)3)54-30-17-10-18-31-54)79-58-40-41-74-68(46-58)77-64-35-20-19-32-62(64)63-39-38-57(45-67(63)77)78-59-43-55(73(4,5)6)42-56(44-59)75-47-76(66-37-22-21-36-65(66)75)71-60(51-24-11-7-12-25-51)33-23-34-61(71)52-26-13-8-14-27-52/h7-46H,47H2,1-6H3/i7D,8D,11D,12D,13D,14D,24D,25D,26D,27D. The average Bonchev–Trinajstić information content (AvgIpc) is 1.76. The van der Waals surface area contributed by atoms with Crippen molar-refractivity contribution in [3.63, 3.8) is 0 Å². The molecule has 2 aromatic heterocycles. The Morgan fingerprint density at radius 1 is 0.468 bits per heavy atom. The number of hydrogen-bond acceptors (Lipinski definition) is 5. The van der Waals surface area contributed by atoms with Crippen molar-refractivity contribution in [2.75, 3.05) is 16.5 Å². The normalized spacial score (nSPS) is 14.1. The van der Waals surface area contributed by atoms with Crippen molar-refractivity contribution >= 4 is 44.6 Å². The van der Waals surface area contributed by atoms with E-state index in [1.54, 1.807) is 24.4 Å². The molecule has 0 atom stereocenters. The van der Waals surface area contributed by atoms with Crippen LogP contribution in [-0.4, -0.2) is 16.2 Å². The van der Waals surface area contributed by atoms with Gasteiger partial charge in [0.05, 0.1) is 41.8 Å². The van der Waals surface area contributed by atoms with Gasteiger partial charge in [-0.1, -0.05) is 190 Å². The molecule has 10 aromatic carbocycles. The van der Waals surface area contributed by atoms with E-state index in [1.807, 2.05) is 89.8 Å². The SMILES string of the molecule is [2H]c1c([2H])c([2H])c(-c2cccc(-c3c([2H])c([2H])c([2H])c([2H])c3[2H])c2N2CN(c3cc(Oc4ccc5c6ccccc6n(-c6cc(Oc7c(-c8ccccc8)c(C)c(C)c(C)c7-c7ccccc7)ccn6)c5c4)cc(C(C)(C)C)c3)c3ccccc32)c([2H])c1[2H]. The molecule has 6 heteroatoms. The highest BCUT2D eigenvalue weighted by Gasteiger charge is 2.33. The number of anilines is 4. The first-order valence-corrected chi connectivity index (χ1v) is 26.4. The Balaban J connectivity index is 0.925. The quantitative estimate of drug-likeness (QED) is 0.129. The van der Waals surface area contributed by atoms with Crippen LogP contribution in [0.1, 0.15) is 56.7 Å². The van der Waals surface area contributed by atoms with E-state index in [4.69, 9.17) is 22.7 Å². The minimum absolute atomic E-state index is 0.0832. The molecule has 0 radical (unpaired) electrons. The summed E-state index contributed by atoms with van der Waals surface area (Å²) in [6.07, 6.45) is 1.78. The molecule has 12 aromatic rings. The van der Waals surface area contributed by atoms with Gasteiger partial charge in [0.2, 0.25) is 0 Å². The number of rotatable bonds is 11. The minimum Gasteiger partial charge on any atom is -0.457 e. The predicted octanol–water partition coefficient (Wildman–Crippen LogP) is 19.9. The summed E-state index contributed by atoms with van der Waals surface area (Å²) in [5, 5.41) is 2.02. The third-order valence-corrected chi connectivity index (χ3v) is 15.2. The van der Waals surface area contributed by atoms with Crippen molar-refractivity contribution in [3.05, 3.63) is 265 Å². The molecule has 1 aliphatic heterocycles. The monoisotopic (exact) mass is 1030 g/mol. The summed E-state index contributed by atoms with van der Waals surface area (Å²) in [4.78, 5) is 9.03. The van der Waals surface area contributed by atoms with E-state index in [0.29, 0.717) is 28.8 Å². The predicted molar refractivity (Wildman–Crippen MR) is 328 cm³/mol. The fourth-order valence-electron chi connectivity index (χ4n) is 11.1. The highest BCUT2D eigenvalue weighted by molar-refractivity contribution is 6.09. The fraction of sp³-hybridized carbons (Fsp3) is 0.110. The largest absolute Gasteiger partial charge is 0.457 e. The van der Waals surface area contributed by atoms with Crippen LogP contribution < -0.4 is 19.3 Å². The molecule has 0 spiro atoms. The number of pyridine rings is 1. The van der Waals surface area contributed by atoms with Gasteiger partial charge in [-0.25, -0.2) is 4.98 Å². The second-order valence-electron chi connectivity index (χ2n) is 20.9. The molecule has 0 N–H and O–H groups in total. The highest BCUT2D eigenvalue weighted by Crippen LogP contribution is 2.52. The lowest BCUT2D eigenvalue weighted by molar-refractivity contribution is 0.479. The third-order valence-electron chi connectivity index (χ3n) is 15.2. The van der Waals surface area contributed by atoms with Crippen molar-refractivity contribution < 1.29 is 23.2 Å². The summed E-state index contributed by atoms with van der Waals surface area (Å²) in [5.41, 5.74) is 12.7. The topological polar surface area (TPSA) is 42.8 Å². The van der Waals surface area contributed by atoms with Gasteiger partial charge in [0.15, 0.2) is 0 Å². The van der Waals surface area contributed by atoms with Crippen molar-refractivity contribution in [2.24, 2.45) is 0 Å². The van der Waals surface area contributed by atoms with Crippen LogP contribution in [0.3, 0.4) is 0 Å². The van der Waals surface area contributed by atoms with Gasteiger partial charge in [-0.3, -0.25) is 4.57 Å². The highest BCUT2D eigenvalue weighted by atomic mass is 16.5. The van der Waals surface area contributed by atoms with Gasteiger partial charge < -0.3 is 19.3 Å². The molecule has 0 saturated carbocycles. The molecule has 0 unspecified atom stereocenters. The lowest BCUT2D eigenvalue weighted by atomic mass is 9.86. The maximum absolute atomic E-state index is 9.18. The minimum atomic E-state index is -0.559. The summed E-state index contributed by atoms with van der Waals surface area (Å²) in [5.74, 6) is 3.13. The Labute approximate surface area is 477 Å². The number of ether oxygens (including phenoxy) is 2. The summed E-state index contributed by atoms with van der Waals surface area (Å²) in [6, 6.07) is 52.6. The molecule has 0 bridgehead atoms. The first kappa shape index (κ1) is 38.8.